The molecule has 4 nitrogen and oxygen atoms in total. The van der Waals surface area contributed by atoms with Gasteiger partial charge in [0.15, 0.2) is 0 Å². The van der Waals surface area contributed by atoms with Gasteiger partial charge in [0.2, 0.25) is 0 Å². The number of nitrogens with one attached hydrogen (secondary N) is 1. The minimum Gasteiger partial charge on any atom is -0.490 e. The lowest BCUT2D eigenvalue weighted by Gasteiger charge is -2.27. The van der Waals surface area contributed by atoms with Crippen LogP contribution in [0.1, 0.15) is 36.0 Å². The summed E-state index contributed by atoms with van der Waals surface area (Å²) in [6.45, 7) is 3.33. The van der Waals surface area contributed by atoms with Gasteiger partial charge in [-0.25, -0.2) is 0 Å². The molecule has 0 aromatic heterocycles. The largest absolute Gasteiger partial charge is 0.490 e. The Labute approximate surface area is 120 Å². The van der Waals surface area contributed by atoms with E-state index in [4.69, 9.17) is 4.74 Å². The highest BCUT2D eigenvalue weighted by Crippen LogP contribution is 2.24. The van der Waals surface area contributed by atoms with E-state index in [0.29, 0.717) is 6.10 Å². The van der Waals surface area contributed by atoms with Gasteiger partial charge in [0.1, 0.15) is 5.75 Å². The summed E-state index contributed by atoms with van der Waals surface area (Å²) in [7, 11) is 0. The molecule has 1 aromatic carbocycles. The Morgan fingerprint density at radius 1 is 1.20 bits per heavy atom. The van der Waals surface area contributed by atoms with Crippen LogP contribution in [0.15, 0.2) is 24.3 Å². The lowest BCUT2D eigenvalue weighted by Crippen LogP contribution is -2.46. The third-order valence-corrected chi connectivity index (χ3v) is 4.09. The van der Waals surface area contributed by atoms with Crippen LogP contribution in [0.2, 0.25) is 0 Å². The number of piperazine rings is 1. The molecule has 1 aromatic rings. The van der Waals surface area contributed by atoms with Crippen LogP contribution in [-0.2, 0) is 0 Å². The van der Waals surface area contributed by atoms with Crippen LogP contribution in [0, 0.1) is 0 Å². The van der Waals surface area contributed by atoms with E-state index >= 15 is 0 Å². The Kier molecular flexibility index (Phi) is 4.21. The van der Waals surface area contributed by atoms with Crippen LogP contribution < -0.4 is 10.1 Å². The first-order chi connectivity index (χ1) is 9.83. The summed E-state index contributed by atoms with van der Waals surface area (Å²) < 4.78 is 5.97. The SMILES string of the molecule is O=C(c1cccc(OC2CCCC2)c1)N1CCNCC1. The number of ether oxygens (including phenoxy) is 1. The number of benzene rings is 1. The second-order valence-corrected chi connectivity index (χ2v) is 5.59. The van der Waals surface area contributed by atoms with Gasteiger partial charge in [-0.2, -0.15) is 0 Å². The molecule has 1 heterocycles. The molecule has 20 heavy (non-hydrogen) atoms. The molecule has 0 unspecified atom stereocenters. The molecule has 2 aliphatic rings. The summed E-state index contributed by atoms with van der Waals surface area (Å²) in [5, 5.41) is 3.26. The Morgan fingerprint density at radius 3 is 2.70 bits per heavy atom. The fourth-order valence-electron chi connectivity index (χ4n) is 2.95. The smallest absolute Gasteiger partial charge is 0.254 e. The van der Waals surface area contributed by atoms with E-state index < -0.39 is 0 Å². The Bertz CT molecular complexity index is 463. The Morgan fingerprint density at radius 2 is 1.95 bits per heavy atom. The molecule has 0 spiro atoms. The normalized spacial score (nSPS) is 20.1. The highest BCUT2D eigenvalue weighted by atomic mass is 16.5. The molecule has 1 amide bonds. The standard InChI is InChI=1S/C16H22N2O2/c19-16(18-10-8-17-9-11-18)13-4-3-7-15(12-13)20-14-5-1-2-6-14/h3-4,7,12,14,17H,1-2,5-6,8-11H2. The molecule has 4 heteroatoms. The van der Waals surface area contributed by atoms with Gasteiger partial charge in [0.25, 0.3) is 5.91 Å². The average molecular weight is 274 g/mol. The highest BCUT2D eigenvalue weighted by Gasteiger charge is 2.20. The van der Waals surface area contributed by atoms with Gasteiger partial charge in [-0.3, -0.25) is 4.79 Å². The van der Waals surface area contributed by atoms with Crippen molar-refractivity contribution in [2.75, 3.05) is 26.2 Å². The minimum atomic E-state index is 0.114. The maximum absolute atomic E-state index is 12.4. The maximum atomic E-state index is 12.4. The summed E-state index contributed by atoms with van der Waals surface area (Å²) in [6, 6.07) is 7.64. The van der Waals surface area contributed by atoms with Crippen molar-refractivity contribution >= 4 is 5.91 Å². The van der Waals surface area contributed by atoms with E-state index in [1.54, 1.807) is 0 Å². The molecule has 1 aliphatic heterocycles. The average Bonchev–Trinajstić information content (AvgIpc) is 3.01. The van der Waals surface area contributed by atoms with E-state index in [2.05, 4.69) is 5.32 Å². The zero-order valence-corrected chi connectivity index (χ0v) is 11.8. The summed E-state index contributed by atoms with van der Waals surface area (Å²) in [4.78, 5) is 14.3. The van der Waals surface area contributed by atoms with Crippen molar-refractivity contribution in [2.45, 2.75) is 31.8 Å². The number of hydrogen-bond donors (Lipinski definition) is 1. The third kappa shape index (κ3) is 3.12. The molecule has 1 saturated carbocycles. The van der Waals surface area contributed by atoms with Crippen molar-refractivity contribution in [1.82, 2.24) is 10.2 Å². The molecule has 0 radical (unpaired) electrons. The van der Waals surface area contributed by atoms with Crippen LogP contribution in [0.5, 0.6) is 5.75 Å². The van der Waals surface area contributed by atoms with Gasteiger partial charge < -0.3 is 15.0 Å². The van der Waals surface area contributed by atoms with Crippen molar-refractivity contribution in [3.05, 3.63) is 29.8 Å². The summed E-state index contributed by atoms with van der Waals surface area (Å²) in [6.07, 6.45) is 5.11. The molecule has 0 bridgehead atoms. The van der Waals surface area contributed by atoms with Crippen LogP contribution in [0.4, 0.5) is 0 Å². The van der Waals surface area contributed by atoms with Gasteiger partial charge in [-0.1, -0.05) is 6.07 Å². The van der Waals surface area contributed by atoms with Crippen LogP contribution in [0.25, 0.3) is 0 Å². The van der Waals surface area contributed by atoms with Crippen molar-refractivity contribution in [3.63, 3.8) is 0 Å². The van der Waals surface area contributed by atoms with Crippen molar-refractivity contribution in [1.29, 1.82) is 0 Å². The molecule has 0 atom stereocenters. The predicted octanol–water partition coefficient (Wildman–Crippen LogP) is 2.05. The maximum Gasteiger partial charge on any atom is 0.254 e. The van der Waals surface area contributed by atoms with Crippen LogP contribution >= 0.6 is 0 Å². The number of carbonyl (C=O) groups excluding carboxylic acids is 1. The molecule has 1 saturated heterocycles. The predicted molar refractivity (Wildman–Crippen MR) is 78.1 cm³/mol. The third-order valence-electron chi connectivity index (χ3n) is 4.09. The second-order valence-electron chi connectivity index (χ2n) is 5.59. The molecule has 3 rings (SSSR count). The number of nitrogens with zero attached hydrogens (tertiary/aromatic N) is 1. The van der Waals surface area contributed by atoms with E-state index in [-0.39, 0.29) is 5.91 Å². The van der Waals surface area contributed by atoms with Gasteiger partial charge >= 0.3 is 0 Å². The number of amides is 1. The number of rotatable bonds is 3. The van der Waals surface area contributed by atoms with E-state index in [1.807, 2.05) is 29.2 Å². The van der Waals surface area contributed by atoms with E-state index in [9.17, 15) is 4.79 Å². The highest BCUT2D eigenvalue weighted by molar-refractivity contribution is 5.94. The fraction of sp³-hybridized carbons (Fsp3) is 0.562. The number of carbonyl (C=O) groups is 1. The molecule has 1 aliphatic carbocycles. The van der Waals surface area contributed by atoms with Gasteiger partial charge in [-0.05, 0) is 43.9 Å². The van der Waals surface area contributed by atoms with E-state index in [0.717, 1.165) is 50.3 Å². The number of hydrogen-bond acceptors (Lipinski definition) is 3. The van der Waals surface area contributed by atoms with Gasteiger partial charge in [0, 0.05) is 31.7 Å². The van der Waals surface area contributed by atoms with Gasteiger partial charge in [0.05, 0.1) is 6.10 Å². The quantitative estimate of drug-likeness (QED) is 0.917. The monoisotopic (exact) mass is 274 g/mol. The molecular formula is C16H22N2O2. The van der Waals surface area contributed by atoms with Gasteiger partial charge in [-0.15, -0.1) is 0 Å². The fourth-order valence-corrected chi connectivity index (χ4v) is 2.95. The Balaban J connectivity index is 1.67. The molecule has 108 valence electrons. The zero-order chi connectivity index (χ0) is 13.8. The first kappa shape index (κ1) is 13.4. The lowest BCUT2D eigenvalue weighted by atomic mass is 10.1. The van der Waals surface area contributed by atoms with Crippen LogP contribution in [0.3, 0.4) is 0 Å². The first-order valence-electron chi connectivity index (χ1n) is 7.59. The minimum absolute atomic E-state index is 0.114. The molecule has 2 fully saturated rings. The van der Waals surface area contributed by atoms with Crippen molar-refractivity contribution < 1.29 is 9.53 Å². The van der Waals surface area contributed by atoms with E-state index in [1.165, 1.54) is 12.8 Å². The van der Waals surface area contributed by atoms with Crippen LogP contribution in [-0.4, -0.2) is 43.1 Å². The summed E-state index contributed by atoms with van der Waals surface area (Å²) >= 11 is 0. The summed E-state index contributed by atoms with van der Waals surface area (Å²) in [5.74, 6) is 0.946. The topological polar surface area (TPSA) is 41.6 Å². The lowest BCUT2D eigenvalue weighted by molar-refractivity contribution is 0.0735. The molecule has 1 N–H and O–H groups in total. The van der Waals surface area contributed by atoms with Crippen molar-refractivity contribution in [3.8, 4) is 5.75 Å². The second kappa shape index (κ2) is 6.27. The van der Waals surface area contributed by atoms with Crippen molar-refractivity contribution in [2.24, 2.45) is 0 Å². The zero-order valence-electron chi connectivity index (χ0n) is 11.8. The Hall–Kier alpha value is -1.55. The summed E-state index contributed by atoms with van der Waals surface area (Å²) in [5.41, 5.74) is 0.738. The first-order valence-corrected chi connectivity index (χ1v) is 7.59. The molecular weight excluding hydrogens is 252 g/mol.